The molecule has 0 aliphatic heterocycles. The first-order valence-corrected chi connectivity index (χ1v) is 3.48. The van der Waals surface area contributed by atoms with Crippen LogP contribution in [0.25, 0.3) is 0 Å². The van der Waals surface area contributed by atoms with E-state index in [0.29, 0.717) is 0 Å². The second kappa shape index (κ2) is 3.21. The fourth-order valence-corrected chi connectivity index (χ4v) is 0.777. The van der Waals surface area contributed by atoms with E-state index in [1.807, 2.05) is 19.0 Å². The van der Waals surface area contributed by atoms with E-state index in [1.54, 1.807) is 6.07 Å². The molecule has 12 heavy (non-hydrogen) atoms. The molecule has 64 valence electrons. The predicted octanol–water partition coefficient (Wildman–Crippen LogP) is 0.846. The Bertz CT molecular complexity index is 280. The second-order valence-electron chi connectivity index (χ2n) is 2.60. The zero-order valence-electron chi connectivity index (χ0n) is 6.98. The highest BCUT2D eigenvalue weighted by Gasteiger charge is 2.03. The Hall–Kier alpha value is -1.58. The summed E-state index contributed by atoms with van der Waals surface area (Å²) < 4.78 is 0. The van der Waals surface area contributed by atoms with Crippen LogP contribution in [0.1, 0.15) is 10.5 Å². The summed E-state index contributed by atoms with van der Waals surface area (Å²) in [6.45, 7) is 0. The molecular formula is C8H10N2O2. The lowest BCUT2D eigenvalue weighted by atomic mass is 10.3. The molecule has 1 aromatic rings. The minimum Gasteiger partial charge on any atom is -0.477 e. The van der Waals surface area contributed by atoms with Gasteiger partial charge in [0.2, 0.25) is 0 Å². The summed E-state index contributed by atoms with van der Waals surface area (Å²) in [6, 6.07) is 3.20. The van der Waals surface area contributed by atoms with E-state index in [1.165, 1.54) is 12.3 Å². The maximum atomic E-state index is 10.4. The van der Waals surface area contributed by atoms with Gasteiger partial charge in [-0.2, -0.15) is 0 Å². The third kappa shape index (κ3) is 1.72. The number of rotatable bonds is 2. The van der Waals surface area contributed by atoms with Gasteiger partial charge in [-0.1, -0.05) is 0 Å². The highest BCUT2D eigenvalue weighted by atomic mass is 16.4. The molecule has 0 atom stereocenters. The summed E-state index contributed by atoms with van der Waals surface area (Å²) in [5, 5.41) is 8.54. The van der Waals surface area contributed by atoms with Gasteiger partial charge >= 0.3 is 5.97 Å². The number of aromatic nitrogens is 1. The SMILES string of the molecule is CN(C)c1ccc(C(=O)O)nc1. The van der Waals surface area contributed by atoms with E-state index in [9.17, 15) is 4.79 Å². The van der Waals surface area contributed by atoms with E-state index in [-0.39, 0.29) is 5.69 Å². The summed E-state index contributed by atoms with van der Waals surface area (Å²) in [6.07, 6.45) is 1.53. The van der Waals surface area contributed by atoms with Crippen LogP contribution < -0.4 is 4.90 Å². The molecule has 1 N–H and O–H groups in total. The first kappa shape index (κ1) is 8.52. The van der Waals surface area contributed by atoms with Crippen molar-refractivity contribution in [1.29, 1.82) is 0 Å². The van der Waals surface area contributed by atoms with Gasteiger partial charge in [-0.3, -0.25) is 0 Å². The zero-order valence-corrected chi connectivity index (χ0v) is 6.98. The quantitative estimate of drug-likeness (QED) is 0.707. The lowest BCUT2D eigenvalue weighted by Crippen LogP contribution is -2.09. The molecular weight excluding hydrogens is 156 g/mol. The van der Waals surface area contributed by atoms with Crippen molar-refractivity contribution < 1.29 is 9.90 Å². The normalized spacial score (nSPS) is 9.50. The minimum absolute atomic E-state index is 0.0700. The van der Waals surface area contributed by atoms with Gasteiger partial charge in [-0.25, -0.2) is 9.78 Å². The number of hydrogen-bond acceptors (Lipinski definition) is 3. The lowest BCUT2D eigenvalue weighted by molar-refractivity contribution is 0.0690. The summed E-state index contributed by atoms with van der Waals surface area (Å²) in [5.41, 5.74) is 0.959. The highest BCUT2D eigenvalue weighted by molar-refractivity contribution is 5.85. The van der Waals surface area contributed by atoms with Crippen LogP contribution in [0, 0.1) is 0 Å². The van der Waals surface area contributed by atoms with Crippen LogP contribution in [0.3, 0.4) is 0 Å². The van der Waals surface area contributed by atoms with Crippen molar-refractivity contribution in [3.63, 3.8) is 0 Å². The molecule has 1 rings (SSSR count). The molecule has 0 saturated heterocycles. The summed E-state index contributed by atoms with van der Waals surface area (Å²) >= 11 is 0. The van der Waals surface area contributed by atoms with E-state index < -0.39 is 5.97 Å². The molecule has 1 heterocycles. The molecule has 0 bridgehead atoms. The maximum Gasteiger partial charge on any atom is 0.354 e. The first-order chi connectivity index (χ1) is 5.61. The smallest absolute Gasteiger partial charge is 0.354 e. The summed E-state index contributed by atoms with van der Waals surface area (Å²) in [7, 11) is 3.74. The van der Waals surface area contributed by atoms with E-state index in [4.69, 9.17) is 5.11 Å². The standard InChI is InChI=1S/C8H10N2O2/c1-10(2)6-3-4-7(8(11)12)9-5-6/h3-5H,1-2H3,(H,11,12). The van der Waals surface area contributed by atoms with Crippen molar-refractivity contribution in [3.05, 3.63) is 24.0 Å². The minimum atomic E-state index is -1.000. The number of carboxylic acids is 1. The average molecular weight is 166 g/mol. The average Bonchev–Trinajstić information content (AvgIpc) is 2.04. The number of anilines is 1. The van der Waals surface area contributed by atoms with Gasteiger partial charge in [-0.15, -0.1) is 0 Å². The van der Waals surface area contributed by atoms with Gasteiger partial charge in [0.05, 0.1) is 11.9 Å². The highest BCUT2D eigenvalue weighted by Crippen LogP contribution is 2.08. The van der Waals surface area contributed by atoms with E-state index in [0.717, 1.165) is 5.69 Å². The van der Waals surface area contributed by atoms with Crippen LogP contribution in [0.2, 0.25) is 0 Å². The van der Waals surface area contributed by atoms with Crippen LogP contribution in [-0.4, -0.2) is 30.2 Å². The van der Waals surface area contributed by atoms with Gasteiger partial charge in [-0.05, 0) is 12.1 Å². The molecule has 0 aromatic carbocycles. The van der Waals surface area contributed by atoms with Gasteiger partial charge < -0.3 is 10.0 Å². The molecule has 1 aromatic heterocycles. The molecule has 0 radical (unpaired) electrons. The Labute approximate surface area is 70.5 Å². The van der Waals surface area contributed by atoms with Crippen molar-refractivity contribution in [2.24, 2.45) is 0 Å². The first-order valence-electron chi connectivity index (χ1n) is 3.48. The van der Waals surface area contributed by atoms with Gasteiger partial charge in [0.25, 0.3) is 0 Å². The zero-order chi connectivity index (χ0) is 9.14. The molecule has 0 spiro atoms. The van der Waals surface area contributed by atoms with Gasteiger partial charge in [0.1, 0.15) is 5.69 Å². The second-order valence-corrected chi connectivity index (χ2v) is 2.60. The van der Waals surface area contributed by atoms with Crippen molar-refractivity contribution in [1.82, 2.24) is 4.98 Å². The molecule has 0 unspecified atom stereocenters. The topological polar surface area (TPSA) is 53.4 Å². The van der Waals surface area contributed by atoms with Crippen molar-refractivity contribution >= 4 is 11.7 Å². The number of pyridine rings is 1. The third-order valence-electron chi connectivity index (χ3n) is 1.48. The largest absolute Gasteiger partial charge is 0.477 e. The number of aromatic carboxylic acids is 1. The molecule has 0 saturated carbocycles. The third-order valence-corrected chi connectivity index (χ3v) is 1.48. The van der Waals surface area contributed by atoms with Crippen LogP contribution in [-0.2, 0) is 0 Å². The van der Waals surface area contributed by atoms with Crippen LogP contribution >= 0.6 is 0 Å². The molecule has 0 aliphatic carbocycles. The van der Waals surface area contributed by atoms with Crippen molar-refractivity contribution in [3.8, 4) is 0 Å². The molecule has 0 aliphatic rings. The predicted molar refractivity (Wildman–Crippen MR) is 45.5 cm³/mol. The fraction of sp³-hybridized carbons (Fsp3) is 0.250. The van der Waals surface area contributed by atoms with Crippen LogP contribution in [0.15, 0.2) is 18.3 Å². The molecule has 4 heteroatoms. The Morgan fingerprint density at radius 1 is 1.50 bits per heavy atom. The Kier molecular flexibility index (Phi) is 2.28. The van der Waals surface area contributed by atoms with E-state index >= 15 is 0 Å². The fourth-order valence-electron chi connectivity index (χ4n) is 0.777. The van der Waals surface area contributed by atoms with Gasteiger partial charge in [0.15, 0.2) is 0 Å². The van der Waals surface area contributed by atoms with Gasteiger partial charge in [0, 0.05) is 14.1 Å². The number of nitrogens with zero attached hydrogens (tertiary/aromatic N) is 2. The van der Waals surface area contributed by atoms with E-state index in [2.05, 4.69) is 4.98 Å². The monoisotopic (exact) mass is 166 g/mol. The van der Waals surface area contributed by atoms with Crippen molar-refractivity contribution in [2.45, 2.75) is 0 Å². The Balaban J connectivity index is 2.93. The molecule has 4 nitrogen and oxygen atoms in total. The molecule has 0 amide bonds. The number of carboxylic acid groups (broad SMARTS) is 1. The summed E-state index contributed by atoms with van der Waals surface area (Å²) in [4.78, 5) is 16.0. The maximum absolute atomic E-state index is 10.4. The summed E-state index contributed by atoms with van der Waals surface area (Å²) in [5.74, 6) is -1.000. The van der Waals surface area contributed by atoms with Crippen LogP contribution in [0.5, 0.6) is 0 Å². The lowest BCUT2D eigenvalue weighted by Gasteiger charge is -2.10. The molecule has 0 fully saturated rings. The Morgan fingerprint density at radius 3 is 2.50 bits per heavy atom. The van der Waals surface area contributed by atoms with Crippen LogP contribution in [0.4, 0.5) is 5.69 Å². The number of hydrogen-bond donors (Lipinski definition) is 1. The van der Waals surface area contributed by atoms with Crippen molar-refractivity contribution in [2.75, 3.05) is 19.0 Å². The Morgan fingerprint density at radius 2 is 2.17 bits per heavy atom. The number of carbonyl (C=O) groups is 1.